The largest absolute Gasteiger partial charge is 0.327 e. The van der Waals surface area contributed by atoms with Gasteiger partial charge in [0.1, 0.15) is 0 Å². The molecule has 0 heterocycles. The van der Waals surface area contributed by atoms with Crippen LogP contribution in [-0.4, -0.2) is 24.1 Å². The van der Waals surface area contributed by atoms with E-state index in [0.29, 0.717) is 22.0 Å². The lowest BCUT2D eigenvalue weighted by molar-refractivity contribution is -0.117. The van der Waals surface area contributed by atoms with Crippen molar-refractivity contribution in [1.29, 1.82) is 0 Å². The minimum absolute atomic E-state index is 0.0674. The lowest BCUT2D eigenvalue weighted by atomic mass is 10.00. The van der Waals surface area contributed by atoms with Crippen molar-refractivity contribution >= 4 is 35.0 Å². The summed E-state index contributed by atoms with van der Waals surface area (Å²) in [4.78, 5) is 12.6. The normalized spacial score (nSPS) is 21.3. The van der Waals surface area contributed by atoms with Crippen molar-refractivity contribution in [3.63, 3.8) is 0 Å². The Kier molecular flexibility index (Phi) is 6.47. The predicted molar refractivity (Wildman–Crippen MR) is 86.7 cm³/mol. The molecule has 1 aromatic carbocycles. The van der Waals surface area contributed by atoms with E-state index in [0.717, 1.165) is 31.0 Å². The van der Waals surface area contributed by atoms with Gasteiger partial charge >= 0.3 is 0 Å². The van der Waals surface area contributed by atoms with E-state index in [1.807, 2.05) is 0 Å². The molecule has 1 saturated carbocycles. The van der Waals surface area contributed by atoms with Gasteiger partial charge in [-0.15, -0.1) is 11.8 Å². The molecule has 3 nitrogen and oxygen atoms in total. The van der Waals surface area contributed by atoms with Gasteiger partial charge < -0.3 is 11.1 Å². The maximum absolute atomic E-state index is 12.4. The van der Waals surface area contributed by atoms with Crippen molar-refractivity contribution in [1.82, 2.24) is 0 Å². The fraction of sp³-hybridized carbons (Fsp3) is 0.533. The Hall–Kier alpha value is -0.850. The van der Waals surface area contributed by atoms with Crippen molar-refractivity contribution in [3.05, 3.63) is 23.2 Å². The van der Waals surface area contributed by atoms with E-state index < -0.39 is 6.43 Å². The molecule has 0 saturated heterocycles. The zero-order valence-electron chi connectivity index (χ0n) is 12.0. The van der Waals surface area contributed by atoms with Gasteiger partial charge in [-0.1, -0.05) is 24.1 Å². The van der Waals surface area contributed by atoms with Crippen molar-refractivity contribution in [3.8, 4) is 0 Å². The lowest BCUT2D eigenvalue weighted by Crippen LogP contribution is -2.28. The molecule has 22 heavy (non-hydrogen) atoms. The quantitative estimate of drug-likeness (QED) is 0.759. The zero-order chi connectivity index (χ0) is 16.1. The van der Waals surface area contributed by atoms with Crippen LogP contribution in [0.3, 0.4) is 0 Å². The van der Waals surface area contributed by atoms with Gasteiger partial charge in [-0.05, 0) is 30.9 Å². The average Bonchev–Trinajstić information content (AvgIpc) is 2.83. The summed E-state index contributed by atoms with van der Waals surface area (Å²) in [6, 6.07) is 5.05. The van der Waals surface area contributed by atoms with Crippen molar-refractivity contribution in [2.45, 2.75) is 43.0 Å². The molecule has 0 spiro atoms. The number of carbonyl (C=O) groups excluding carboxylic acids is 1. The summed E-state index contributed by atoms with van der Waals surface area (Å²) in [5.74, 6) is -0.319. The number of halogens is 3. The Bertz CT molecular complexity index is 530. The van der Waals surface area contributed by atoms with E-state index in [2.05, 4.69) is 5.32 Å². The van der Waals surface area contributed by atoms with E-state index in [1.165, 1.54) is 0 Å². The third kappa shape index (κ3) is 4.83. The molecule has 1 aliphatic rings. The average molecular weight is 349 g/mol. The number of rotatable bonds is 6. The second-order valence-electron chi connectivity index (χ2n) is 5.43. The van der Waals surface area contributed by atoms with Gasteiger partial charge in [0.25, 0.3) is 0 Å². The van der Waals surface area contributed by atoms with Crippen LogP contribution in [0.15, 0.2) is 23.1 Å². The number of alkyl halides is 2. The maximum Gasteiger partial charge on any atom is 0.247 e. The molecule has 0 bridgehead atoms. The molecule has 1 amide bonds. The number of nitrogens with one attached hydrogen (secondary N) is 1. The first-order valence-corrected chi connectivity index (χ1v) is 8.58. The van der Waals surface area contributed by atoms with Crippen LogP contribution in [0.4, 0.5) is 14.5 Å². The zero-order valence-corrected chi connectivity index (χ0v) is 13.6. The highest BCUT2D eigenvalue weighted by Gasteiger charge is 2.26. The highest BCUT2D eigenvalue weighted by Crippen LogP contribution is 2.35. The van der Waals surface area contributed by atoms with Crippen LogP contribution in [0.25, 0.3) is 0 Å². The Morgan fingerprint density at radius 2 is 2.23 bits per heavy atom. The third-order valence-corrected chi connectivity index (χ3v) is 5.33. The molecule has 1 fully saturated rings. The molecule has 0 aromatic heterocycles. The summed E-state index contributed by atoms with van der Waals surface area (Å²) in [7, 11) is 0. The molecule has 122 valence electrons. The monoisotopic (exact) mass is 348 g/mol. The van der Waals surface area contributed by atoms with E-state index in [1.54, 1.807) is 18.2 Å². The standard InChI is InChI=1S/C15H19ClF2N2OS/c16-10-4-2-6-12(15(10)22-8-13(17)18)20-14(21)7-9-3-1-5-11(9)19/h2,4,6,9,11,13H,1,3,5,7-8,19H2,(H,20,21)/t9-,11+/m0/s1. The van der Waals surface area contributed by atoms with Crippen LogP contribution >= 0.6 is 23.4 Å². The second kappa shape index (κ2) is 8.13. The van der Waals surface area contributed by atoms with Gasteiger partial charge in [0.15, 0.2) is 0 Å². The molecule has 3 N–H and O–H groups in total. The number of anilines is 1. The molecule has 2 atom stereocenters. The molecule has 0 unspecified atom stereocenters. The first-order valence-electron chi connectivity index (χ1n) is 7.22. The molecule has 1 aromatic rings. The first kappa shape index (κ1) is 17.5. The number of hydrogen-bond acceptors (Lipinski definition) is 3. The molecule has 0 radical (unpaired) electrons. The smallest absolute Gasteiger partial charge is 0.247 e. The molecular weight excluding hydrogens is 330 g/mol. The van der Waals surface area contributed by atoms with Crippen molar-refractivity contribution < 1.29 is 13.6 Å². The summed E-state index contributed by atoms with van der Waals surface area (Å²) in [5.41, 5.74) is 6.45. The minimum Gasteiger partial charge on any atom is -0.327 e. The number of carbonyl (C=O) groups is 1. The third-order valence-electron chi connectivity index (χ3n) is 3.76. The fourth-order valence-corrected chi connectivity index (χ4v) is 3.77. The topological polar surface area (TPSA) is 55.1 Å². The Morgan fingerprint density at radius 1 is 1.45 bits per heavy atom. The maximum atomic E-state index is 12.4. The lowest BCUT2D eigenvalue weighted by Gasteiger charge is -2.16. The number of amides is 1. The van der Waals surface area contributed by atoms with Gasteiger partial charge in [0.05, 0.1) is 16.5 Å². The van der Waals surface area contributed by atoms with Crippen LogP contribution in [0.2, 0.25) is 5.02 Å². The van der Waals surface area contributed by atoms with Gasteiger partial charge in [-0.25, -0.2) is 8.78 Å². The highest BCUT2D eigenvalue weighted by atomic mass is 35.5. The SMILES string of the molecule is N[C@@H]1CCC[C@H]1CC(=O)Nc1cccc(Cl)c1SCC(F)F. The van der Waals surface area contributed by atoms with E-state index in [-0.39, 0.29) is 23.6 Å². The summed E-state index contributed by atoms with van der Waals surface area (Å²) in [6.45, 7) is 0. The van der Waals surface area contributed by atoms with E-state index >= 15 is 0 Å². The van der Waals surface area contributed by atoms with Crippen LogP contribution in [0, 0.1) is 5.92 Å². The Labute approximate surface area is 138 Å². The summed E-state index contributed by atoms with van der Waals surface area (Å²) < 4.78 is 24.8. The van der Waals surface area contributed by atoms with Gasteiger partial charge in [0, 0.05) is 17.4 Å². The van der Waals surface area contributed by atoms with Gasteiger partial charge in [-0.2, -0.15) is 0 Å². The van der Waals surface area contributed by atoms with Crippen molar-refractivity contribution in [2.24, 2.45) is 11.7 Å². The number of hydrogen-bond donors (Lipinski definition) is 2. The second-order valence-corrected chi connectivity index (χ2v) is 6.86. The Balaban J connectivity index is 2.01. The summed E-state index contributed by atoms with van der Waals surface area (Å²) >= 11 is 7.00. The fourth-order valence-electron chi connectivity index (χ4n) is 2.66. The molecule has 0 aliphatic heterocycles. The summed E-state index contributed by atoms with van der Waals surface area (Å²) in [5, 5.41) is 3.14. The molecule has 1 aliphatic carbocycles. The van der Waals surface area contributed by atoms with E-state index in [9.17, 15) is 13.6 Å². The number of nitrogens with two attached hydrogens (primary N) is 1. The van der Waals surface area contributed by atoms with Crippen LogP contribution in [0.1, 0.15) is 25.7 Å². The van der Waals surface area contributed by atoms with Crippen LogP contribution in [0.5, 0.6) is 0 Å². The highest BCUT2D eigenvalue weighted by molar-refractivity contribution is 7.99. The molecular formula is C15H19ClF2N2OS. The van der Waals surface area contributed by atoms with Crippen LogP contribution in [-0.2, 0) is 4.79 Å². The Morgan fingerprint density at radius 3 is 2.86 bits per heavy atom. The van der Waals surface area contributed by atoms with Crippen molar-refractivity contribution in [2.75, 3.05) is 11.1 Å². The molecule has 7 heteroatoms. The van der Waals surface area contributed by atoms with Gasteiger partial charge in [0.2, 0.25) is 12.3 Å². The first-order chi connectivity index (χ1) is 10.5. The molecule has 2 rings (SSSR count). The summed E-state index contributed by atoms with van der Waals surface area (Å²) in [6.07, 6.45) is 0.876. The van der Waals surface area contributed by atoms with Crippen LogP contribution < -0.4 is 11.1 Å². The number of benzene rings is 1. The van der Waals surface area contributed by atoms with E-state index in [4.69, 9.17) is 17.3 Å². The number of thioether (sulfide) groups is 1. The van der Waals surface area contributed by atoms with Gasteiger partial charge in [-0.3, -0.25) is 4.79 Å². The predicted octanol–water partition coefficient (Wildman–Crippen LogP) is 4.15. The minimum atomic E-state index is -2.43.